The highest BCUT2D eigenvalue weighted by atomic mass is 19.1. The molecule has 1 heterocycles. The Morgan fingerprint density at radius 1 is 0.818 bits per heavy atom. The van der Waals surface area contributed by atoms with Crippen molar-refractivity contribution in [2.24, 2.45) is 0 Å². The molecule has 0 atom stereocenters. The number of ether oxygens (including phenoxy) is 1. The quantitative estimate of drug-likeness (QED) is 0.575. The molecule has 0 radical (unpaired) electrons. The lowest BCUT2D eigenvalue weighted by molar-refractivity contribution is -0.120. The molecule has 2 N–H and O–H groups in total. The molecule has 1 fully saturated rings. The number of rotatable bonds is 7. The number of hydrogen-bond donors (Lipinski definition) is 2. The third kappa shape index (κ3) is 5.65. The standard InChI is InChI=1S/C27H27FN2O3/c28-24-12-10-23(11-13-24)27(14-16-33-17-15-27)19-30-25(31)18-29-26(32)22-8-6-21(7-9-22)20-4-2-1-3-5-20/h1-13H,14-19H2,(H,29,32)(H,30,31). The molecule has 1 saturated heterocycles. The third-order valence-corrected chi connectivity index (χ3v) is 6.19. The van der Waals surface area contributed by atoms with Crippen LogP contribution in [0, 0.1) is 5.82 Å². The molecule has 170 valence electrons. The van der Waals surface area contributed by atoms with E-state index in [1.807, 2.05) is 42.5 Å². The average molecular weight is 447 g/mol. The lowest BCUT2D eigenvalue weighted by Crippen LogP contribution is -2.47. The van der Waals surface area contributed by atoms with Crippen LogP contribution in [0.5, 0.6) is 0 Å². The molecular formula is C27H27FN2O3. The molecular weight excluding hydrogens is 419 g/mol. The molecule has 0 aromatic heterocycles. The van der Waals surface area contributed by atoms with Gasteiger partial charge in [-0.15, -0.1) is 0 Å². The zero-order chi connectivity index (χ0) is 23.1. The fourth-order valence-electron chi connectivity index (χ4n) is 4.17. The third-order valence-electron chi connectivity index (χ3n) is 6.19. The number of halogens is 1. The molecule has 6 heteroatoms. The smallest absolute Gasteiger partial charge is 0.251 e. The van der Waals surface area contributed by atoms with Crippen molar-refractivity contribution >= 4 is 11.8 Å². The van der Waals surface area contributed by atoms with Gasteiger partial charge in [-0.25, -0.2) is 4.39 Å². The maximum absolute atomic E-state index is 13.4. The molecule has 3 aromatic rings. The number of benzene rings is 3. The zero-order valence-electron chi connectivity index (χ0n) is 18.4. The first-order chi connectivity index (χ1) is 16.1. The van der Waals surface area contributed by atoms with Gasteiger partial charge in [-0.05, 0) is 53.8 Å². The van der Waals surface area contributed by atoms with E-state index in [1.165, 1.54) is 12.1 Å². The van der Waals surface area contributed by atoms with Crippen molar-refractivity contribution in [3.05, 3.63) is 95.8 Å². The van der Waals surface area contributed by atoms with Crippen molar-refractivity contribution < 1.29 is 18.7 Å². The van der Waals surface area contributed by atoms with Crippen LogP contribution in [0.25, 0.3) is 11.1 Å². The second kappa shape index (κ2) is 10.4. The fraction of sp³-hybridized carbons (Fsp3) is 0.259. The minimum atomic E-state index is -0.307. The highest BCUT2D eigenvalue weighted by molar-refractivity contribution is 5.96. The first-order valence-electron chi connectivity index (χ1n) is 11.1. The van der Waals surface area contributed by atoms with Crippen molar-refractivity contribution in [1.29, 1.82) is 0 Å². The Kier molecular flexibility index (Phi) is 7.15. The van der Waals surface area contributed by atoms with Crippen molar-refractivity contribution in [3.63, 3.8) is 0 Å². The summed E-state index contributed by atoms with van der Waals surface area (Å²) in [4.78, 5) is 24.9. The van der Waals surface area contributed by atoms with Crippen LogP contribution in [0.1, 0.15) is 28.8 Å². The fourth-order valence-corrected chi connectivity index (χ4v) is 4.17. The van der Waals surface area contributed by atoms with E-state index in [9.17, 15) is 14.0 Å². The van der Waals surface area contributed by atoms with Gasteiger partial charge in [-0.2, -0.15) is 0 Å². The molecule has 0 spiro atoms. The topological polar surface area (TPSA) is 67.4 Å². The minimum absolute atomic E-state index is 0.116. The van der Waals surface area contributed by atoms with Gasteiger partial charge in [0.2, 0.25) is 5.91 Å². The lowest BCUT2D eigenvalue weighted by Gasteiger charge is -2.38. The van der Waals surface area contributed by atoms with Gasteiger partial charge in [0.15, 0.2) is 0 Å². The molecule has 3 aromatic carbocycles. The number of nitrogens with one attached hydrogen (secondary N) is 2. The van der Waals surface area contributed by atoms with Gasteiger partial charge in [0.1, 0.15) is 5.82 Å². The molecule has 0 unspecified atom stereocenters. The van der Waals surface area contributed by atoms with Gasteiger partial charge in [-0.3, -0.25) is 9.59 Å². The molecule has 1 aliphatic heterocycles. The number of carbonyl (C=O) groups is 2. The largest absolute Gasteiger partial charge is 0.381 e. The second-order valence-electron chi connectivity index (χ2n) is 8.30. The highest BCUT2D eigenvalue weighted by Gasteiger charge is 2.34. The van der Waals surface area contributed by atoms with Gasteiger partial charge < -0.3 is 15.4 Å². The predicted molar refractivity (Wildman–Crippen MR) is 125 cm³/mol. The molecule has 0 aliphatic carbocycles. The Balaban J connectivity index is 1.32. The molecule has 0 saturated carbocycles. The summed E-state index contributed by atoms with van der Waals surface area (Å²) in [5.74, 6) is -0.856. The maximum Gasteiger partial charge on any atom is 0.251 e. The van der Waals surface area contributed by atoms with E-state index in [0.717, 1.165) is 29.5 Å². The van der Waals surface area contributed by atoms with Crippen LogP contribution in [-0.2, 0) is 14.9 Å². The Morgan fingerprint density at radius 2 is 1.45 bits per heavy atom. The SMILES string of the molecule is O=C(CNC(=O)c1ccc(-c2ccccc2)cc1)NCC1(c2ccc(F)cc2)CCOCC1. The Morgan fingerprint density at radius 3 is 2.12 bits per heavy atom. The highest BCUT2D eigenvalue weighted by Crippen LogP contribution is 2.34. The van der Waals surface area contributed by atoms with Crippen molar-refractivity contribution in [2.75, 3.05) is 26.3 Å². The summed E-state index contributed by atoms with van der Waals surface area (Å²) in [6.07, 6.45) is 1.47. The van der Waals surface area contributed by atoms with Crippen LogP contribution in [0.15, 0.2) is 78.9 Å². The van der Waals surface area contributed by atoms with Gasteiger partial charge >= 0.3 is 0 Å². The monoisotopic (exact) mass is 446 g/mol. The first kappa shape index (κ1) is 22.7. The second-order valence-corrected chi connectivity index (χ2v) is 8.30. The molecule has 4 rings (SSSR count). The summed E-state index contributed by atoms with van der Waals surface area (Å²) < 4.78 is 18.9. The van der Waals surface area contributed by atoms with Crippen molar-refractivity contribution in [2.45, 2.75) is 18.3 Å². The van der Waals surface area contributed by atoms with Crippen LogP contribution in [0.2, 0.25) is 0 Å². The Hall–Kier alpha value is -3.51. The molecule has 2 amide bonds. The van der Waals surface area contributed by atoms with Gasteiger partial charge in [0.05, 0.1) is 6.54 Å². The summed E-state index contributed by atoms with van der Waals surface area (Å²) >= 11 is 0. The first-order valence-corrected chi connectivity index (χ1v) is 11.1. The van der Waals surface area contributed by atoms with Crippen LogP contribution < -0.4 is 10.6 Å². The van der Waals surface area contributed by atoms with Crippen LogP contribution in [0.3, 0.4) is 0 Å². The summed E-state index contributed by atoms with van der Waals surface area (Å²) in [7, 11) is 0. The van der Waals surface area contributed by atoms with Crippen LogP contribution >= 0.6 is 0 Å². The normalized spacial score (nSPS) is 14.9. The van der Waals surface area contributed by atoms with Crippen LogP contribution in [0.4, 0.5) is 4.39 Å². The molecule has 5 nitrogen and oxygen atoms in total. The summed E-state index contributed by atoms with van der Waals surface area (Å²) in [6, 6.07) is 23.6. The number of hydrogen-bond acceptors (Lipinski definition) is 3. The van der Waals surface area contributed by atoms with Gasteiger partial charge in [-0.1, -0.05) is 54.6 Å². The maximum atomic E-state index is 13.4. The predicted octanol–water partition coefficient (Wildman–Crippen LogP) is 4.09. The van der Waals surface area contributed by atoms with Crippen LogP contribution in [-0.4, -0.2) is 38.1 Å². The van der Waals surface area contributed by atoms with Crippen molar-refractivity contribution in [3.8, 4) is 11.1 Å². The number of amides is 2. The minimum Gasteiger partial charge on any atom is -0.381 e. The Bertz CT molecular complexity index is 1080. The molecule has 0 bridgehead atoms. The van der Waals surface area contributed by atoms with E-state index in [4.69, 9.17) is 4.74 Å². The van der Waals surface area contributed by atoms with E-state index in [1.54, 1.807) is 24.3 Å². The van der Waals surface area contributed by atoms with E-state index in [0.29, 0.717) is 25.3 Å². The molecule has 33 heavy (non-hydrogen) atoms. The zero-order valence-corrected chi connectivity index (χ0v) is 18.4. The van der Waals surface area contributed by atoms with E-state index < -0.39 is 0 Å². The van der Waals surface area contributed by atoms with E-state index in [-0.39, 0.29) is 29.6 Å². The van der Waals surface area contributed by atoms with E-state index in [2.05, 4.69) is 10.6 Å². The lowest BCUT2D eigenvalue weighted by atomic mass is 9.74. The van der Waals surface area contributed by atoms with E-state index >= 15 is 0 Å². The summed E-state index contributed by atoms with van der Waals surface area (Å²) in [5, 5.41) is 5.62. The van der Waals surface area contributed by atoms with Gasteiger partial charge in [0, 0.05) is 30.7 Å². The average Bonchev–Trinajstić information content (AvgIpc) is 2.87. The number of carbonyl (C=O) groups excluding carboxylic acids is 2. The molecule has 1 aliphatic rings. The summed E-state index contributed by atoms with van der Waals surface area (Å²) in [6.45, 7) is 1.46. The summed E-state index contributed by atoms with van der Waals surface area (Å²) in [5.41, 5.74) is 3.27. The van der Waals surface area contributed by atoms with Gasteiger partial charge in [0.25, 0.3) is 5.91 Å². The van der Waals surface area contributed by atoms with Crippen molar-refractivity contribution in [1.82, 2.24) is 10.6 Å². The Labute approximate surface area is 193 Å².